The Morgan fingerprint density at radius 1 is 1.24 bits per heavy atom. The average molecular weight is 296 g/mol. The first-order valence-corrected chi connectivity index (χ1v) is 8.09. The largest absolute Gasteiger partial charge is 0.481 e. The molecule has 1 heterocycles. The summed E-state index contributed by atoms with van der Waals surface area (Å²) in [6.07, 6.45) is 4.65. The summed E-state index contributed by atoms with van der Waals surface area (Å²) < 4.78 is 0. The molecular weight excluding hydrogens is 268 g/mol. The standard InChI is InChI=1S/C16H28N2O3/c1-11-4-6-14(7-5-11)17(3)15(19)10-18-8-13(9-18)12(2)16(20)21/h11-14H,4-10H2,1-3H3,(H,20,21). The zero-order chi connectivity index (χ0) is 15.6. The fourth-order valence-electron chi connectivity index (χ4n) is 3.39. The third-order valence-corrected chi connectivity index (χ3v) is 5.37. The Kier molecular flexibility index (Phi) is 5.25. The SMILES string of the molecule is CC1CCC(N(C)C(=O)CN2CC(C(C)C(=O)O)C2)CC1. The molecule has 0 aromatic heterocycles. The first kappa shape index (κ1) is 16.3. The molecule has 0 spiro atoms. The van der Waals surface area contributed by atoms with Crippen LogP contribution in [0.15, 0.2) is 0 Å². The molecule has 0 aromatic rings. The lowest BCUT2D eigenvalue weighted by Gasteiger charge is -2.42. The Bertz CT molecular complexity index is 385. The number of hydrogen-bond acceptors (Lipinski definition) is 3. The van der Waals surface area contributed by atoms with Gasteiger partial charge in [0, 0.05) is 26.2 Å². The van der Waals surface area contributed by atoms with Gasteiger partial charge in [0.25, 0.3) is 0 Å². The molecule has 1 saturated heterocycles. The van der Waals surface area contributed by atoms with Crippen molar-refractivity contribution < 1.29 is 14.7 Å². The third kappa shape index (κ3) is 3.96. The van der Waals surface area contributed by atoms with E-state index in [1.54, 1.807) is 6.92 Å². The predicted octanol–water partition coefficient (Wildman–Crippen LogP) is 1.68. The Balaban J connectivity index is 1.72. The Morgan fingerprint density at radius 3 is 2.33 bits per heavy atom. The number of rotatable bonds is 5. The van der Waals surface area contributed by atoms with Crippen molar-refractivity contribution in [2.24, 2.45) is 17.8 Å². The minimum Gasteiger partial charge on any atom is -0.481 e. The van der Waals surface area contributed by atoms with Crippen LogP contribution in [0.4, 0.5) is 0 Å². The van der Waals surface area contributed by atoms with Crippen LogP contribution in [-0.4, -0.2) is 59.5 Å². The number of carboxylic acid groups (broad SMARTS) is 1. The van der Waals surface area contributed by atoms with Crippen LogP contribution < -0.4 is 0 Å². The molecule has 5 heteroatoms. The normalized spacial score (nSPS) is 28.7. The van der Waals surface area contributed by atoms with Crippen molar-refractivity contribution in [2.75, 3.05) is 26.7 Å². The summed E-state index contributed by atoms with van der Waals surface area (Å²) >= 11 is 0. The second kappa shape index (κ2) is 6.77. The number of carbonyl (C=O) groups excluding carboxylic acids is 1. The third-order valence-electron chi connectivity index (χ3n) is 5.37. The molecular formula is C16H28N2O3. The van der Waals surface area contributed by atoms with Gasteiger partial charge in [0.15, 0.2) is 0 Å². The monoisotopic (exact) mass is 296 g/mol. The molecule has 21 heavy (non-hydrogen) atoms. The van der Waals surface area contributed by atoms with Crippen molar-refractivity contribution >= 4 is 11.9 Å². The van der Waals surface area contributed by atoms with E-state index in [2.05, 4.69) is 11.8 Å². The van der Waals surface area contributed by atoms with Gasteiger partial charge in [-0.2, -0.15) is 0 Å². The van der Waals surface area contributed by atoms with Crippen LogP contribution >= 0.6 is 0 Å². The number of carboxylic acids is 1. The van der Waals surface area contributed by atoms with E-state index in [4.69, 9.17) is 5.11 Å². The molecule has 1 aliphatic carbocycles. The number of hydrogen-bond donors (Lipinski definition) is 1. The van der Waals surface area contributed by atoms with E-state index in [-0.39, 0.29) is 17.7 Å². The molecule has 1 amide bonds. The van der Waals surface area contributed by atoms with Crippen molar-refractivity contribution in [2.45, 2.75) is 45.6 Å². The summed E-state index contributed by atoms with van der Waals surface area (Å²) in [5.74, 6) is 0.110. The number of amides is 1. The molecule has 1 unspecified atom stereocenters. The fourth-order valence-corrected chi connectivity index (χ4v) is 3.39. The second-order valence-electron chi connectivity index (χ2n) is 7.00. The lowest BCUT2D eigenvalue weighted by atomic mass is 9.86. The molecule has 0 radical (unpaired) electrons. The Hall–Kier alpha value is -1.10. The molecule has 5 nitrogen and oxygen atoms in total. The fraction of sp³-hybridized carbons (Fsp3) is 0.875. The first-order valence-electron chi connectivity index (χ1n) is 8.09. The van der Waals surface area contributed by atoms with Crippen LogP contribution in [-0.2, 0) is 9.59 Å². The van der Waals surface area contributed by atoms with Crippen molar-refractivity contribution in [3.8, 4) is 0 Å². The number of likely N-dealkylation sites (tertiary alicyclic amines) is 1. The van der Waals surface area contributed by atoms with Crippen molar-refractivity contribution in [1.29, 1.82) is 0 Å². The summed E-state index contributed by atoms with van der Waals surface area (Å²) in [5.41, 5.74) is 0. The number of carbonyl (C=O) groups is 2. The van der Waals surface area contributed by atoms with Gasteiger partial charge in [0.2, 0.25) is 5.91 Å². The summed E-state index contributed by atoms with van der Waals surface area (Å²) in [6, 6.07) is 0.392. The maximum absolute atomic E-state index is 12.3. The van der Waals surface area contributed by atoms with Crippen molar-refractivity contribution in [3.63, 3.8) is 0 Å². The maximum atomic E-state index is 12.3. The minimum absolute atomic E-state index is 0.177. The molecule has 2 rings (SSSR count). The van der Waals surface area contributed by atoms with E-state index < -0.39 is 5.97 Å². The second-order valence-corrected chi connectivity index (χ2v) is 7.00. The lowest BCUT2D eigenvalue weighted by molar-refractivity contribution is -0.146. The van der Waals surface area contributed by atoms with Gasteiger partial charge in [-0.3, -0.25) is 14.5 Å². The average Bonchev–Trinajstić information content (AvgIpc) is 2.41. The Labute approximate surface area is 127 Å². The molecule has 2 fully saturated rings. The molecule has 0 aromatic carbocycles. The molecule has 120 valence electrons. The zero-order valence-electron chi connectivity index (χ0n) is 13.4. The van der Waals surface area contributed by atoms with Gasteiger partial charge in [-0.1, -0.05) is 13.8 Å². The first-order chi connectivity index (χ1) is 9.88. The van der Waals surface area contributed by atoms with Crippen LogP contribution in [0.25, 0.3) is 0 Å². The molecule has 2 aliphatic rings. The van der Waals surface area contributed by atoms with Crippen LogP contribution in [0, 0.1) is 17.8 Å². The summed E-state index contributed by atoms with van der Waals surface area (Å²) in [5, 5.41) is 8.97. The van der Waals surface area contributed by atoms with Crippen LogP contribution in [0.3, 0.4) is 0 Å². The van der Waals surface area contributed by atoms with E-state index in [0.717, 1.165) is 31.8 Å². The van der Waals surface area contributed by atoms with Crippen molar-refractivity contribution in [3.05, 3.63) is 0 Å². The summed E-state index contributed by atoms with van der Waals surface area (Å²) in [7, 11) is 1.92. The quantitative estimate of drug-likeness (QED) is 0.838. The van der Waals surface area contributed by atoms with E-state index >= 15 is 0 Å². The highest BCUT2D eigenvalue weighted by molar-refractivity contribution is 5.78. The predicted molar refractivity (Wildman–Crippen MR) is 80.9 cm³/mol. The Morgan fingerprint density at radius 2 is 1.81 bits per heavy atom. The smallest absolute Gasteiger partial charge is 0.306 e. The van der Waals surface area contributed by atoms with E-state index in [1.165, 1.54) is 12.8 Å². The molecule has 1 N–H and O–H groups in total. The van der Waals surface area contributed by atoms with Crippen molar-refractivity contribution in [1.82, 2.24) is 9.80 Å². The maximum Gasteiger partial charge on any atom is 0.306 e. The highest BCUT2D eigenvalue weighted by Gasteiger charge is 2.36. The molecule has 1 aliphatic heterocycles. The highest BCUT2D eigenvalue weighted by atomic mass is 16.4. The van der Waals surface area contributed by atoms with E-state index in [1.807, 2.05) is 11.9 Å². The number of aliphatic carboxylic acids is 1. The lowest BCUT2D eigenvalue weighted by Crippen LogP contribution is -2.55. The highest BCUT2D eigenvalue weighted by Crippen LogP contribution is 2.27. The molecule has 1 saturated carbocycles. The minimum atomic E-state index is -0.737. The molecule has 0 bridgehead atoms. The van der Waals surface area contributed by atoms with Gasteiger partial charge in [-0.15, -0.1) is 0 Å². The van der Waals surface area contributed by atoms with Crippen LogP contribution in [0.1, 0.15) is 39.5 Å². The summed E-state index contributed by atoms with van der Waals surface area (Å²) in [4.78, 5) is 27.2. The van der Waals surface area contributed by atoms with E-state index in [9.17, 15) is 9.59 Å². The van der Waals surface area contributed by atoms with Gasteiger partial charge in [-0.05, 0) is 37.5 Å². The molecule has 1 atom stereocenters. The van der Waals surface area contributed by atoms with Crippen LogP contribution in [0.5, 0.6) is 0 Å². The topological polar surface area (TPSA) is 60.9 Å². The van der Waals surface area contributed by atoms with E-state index in [0.29, 0.717) is 12.6 Å². The number of likely N-dealkylation sites (N-methyl/N-ethyl adjacent to an activating group) is 1. The zero-order valence-corrected chi connectivity index (χ0v) is 13.4. The van der Waals surface area contributed by atoms with Gasteiger partial charge in [0.1, 0.15) is 0 Å². The number of nitrogens with zero attached hydrogens (tertiary/aromatic N) is 2. The van der Waals surface area contributed by atoms with Gasteiger partial charge in [-0.25, -0.2) is 0 Å². The van der Waals surface area contributed by atoms with Gasteiger partial charge >= 0.3 is 5.97 Å². The summed E-state index contributed by atoms with van der Waals surface area (Å²) in [6.45, 7) is 5.93. The van der Waals surface area contributed by atoms with Gasteiger partial charge in [0.05, 0.1) is 12.5 Å². The van der Waals surface area contributed by atoms with Gasteiger partial charge < -0.3 is 10.0 Å². The van der Waals surface area contributed by atoms with Crippen LogP contribution in [0.2, 0.25) is 0 Å².